The van der Waals surface area contributed by atoms with Crippen LogP contribution in [-0.4, -0.2) is 9.97 Å². The van der Waals surface area contributed by atoms with Crippen LogP contribution >= 0.6 is 22.6 Å². The van der Waals surface area contributed by atoms with E-state index in [0.29, 0.717) is 9.39 Å². The summed E-state index contributed by atoms with van der Waals surface area (Å²) in [6.07, 6.45) is 1.80. The molecule has 0 saturated heterocycles. The zero-order valence-electron chi connectivity index (χ0n) is 11.7. The summed E-state index contributed by atoms with van der Waals surface area (Å²) in [7, 11) is 0. The lowest BCUT2D eigenvalue weighted by Gasteiger charge is -2.07. The maximum Gasteiger partial charge on any atom is 0.264 e. The number of rotatable bonds is 3. The third-order valence-corrected chi connectivity index (χ3v) is 4.55. The molecule has 1 heterocycles. The van der Waals surface area contributed by atoms with E-state index in [1.54, 1.807) is 0 Å². The molecule has 106 valence electrons. The molecule has 3 nitrogen and oxygen atoms in total. The lowest BCUT2D eigenvalue weighted by Crippen LogP contribution is -2.16. The Balaban J connectivity index is 2.15. The van der Waals surface area contributed by atoms with Gasteiger partial charge in [0.15, 0.2) is 0 Å². The Morgan fingerprint density at radius 1 is 1.14 bits per heavy atom. The molecule has 3 rings (SSSR count). The van der Waals surface area contributed by atoms with Crippen LogP contribution in [0, 0.1) is 3.57 Å². The molecule has 0 spiro atoms. The van der Waals surface area contributed by atoms with Crippen LogP contribution in [0.3, 0.4) is 0 Å². The summed E-state index contributed by atoms with van der Waals surface area (Å²) in [6.45, 7) is 2.09. The molecule has 0 saturated carbocycles. The Bertz CT molecular complexity index is 855. The molecule has 2 aromatic carbocycles. The molecule has 1 aromatic heterocycles. The smallest absolute Gasteiger partial charge is 0.264 e. The van der Waals surface area contributed by atoms with Gasteiger partial charge in [-0.05, 0) is 45.9 Å². The Labute approximate surface area is 136 Å². The van der Waals surface area contributed by atoms with Gasteiger partial charge in [-0.15, -0.1) is 0 Å². The maximum absolute atomic E-state index is 12.1. The highest BCUT2D eigenvalue weighted by molar-refractivity contribution is 14.1. The highest BCUT2D eigenvalue weighted by Gasteiger charge is 2.10. The van der Waals surface area contributed by atoms with E-state index in [4.69, 9.17) is 0 Å². The number of aromatic nitrogens is 2. The van der Waals surface area contributed by atoms with E-state index >= 15 is 0 Å². The average molecular weight is 390 g/mol. The lowest BCUT2D eigenvalue weighted by atomic mass is 10.1. The summed E-state index contributed by atoms with van der Waals surface area (Å²) in [5.74, 6) is 0.648. The van der Waals surface area contributed by atoms with Crippen molar-refractivity contribution in [1.82, 2.24) is 9.97 Å². The van der Waals surface area contributed by atoms with Crippen molar-refractivity contribution in [2.24, 2.45) is 0 Å². The van der Waals surface area contributed by atoms with Gasteiger partial charge in [0, 0.05) is 5.56 Å². The van der Waals surface area contributed by atoms with E-state index in [0.717, 1.165) is 29.5 Å². The van der Waals surface area contributed by atoms with E-state index in [1.807, 2.05) is 18.2 Å². The monoisotopic (exact) mass is 390 g/mol. The zero-order valence-corrected chi connectivity index (χ0v) is 13.8. The van der Waals surface area contributed by atoms with Crippen molar-refractivity contribution < 1.29 is 0 Å². The molecule has 0 fully saturated rings. The first-order chi connectivity index (χ1) is 10.2. The van der Waals surface area contributed by atoms with E-state index < -0.39 is 0 Å². The van der Waals surface area contributed by atoms with Crippen LogP contribution in [-0.2, 0) is 6.42 Å². The Morgan fingerprint density at radius 2 is 1.90 bits per heavy atom. The number of nitrogens with one attached hydrogen (secondary N) is 1. The number of nitrogens with zero attached hydrogens (tertiary/aromatic N) is 1. The fourth-order valence-corrected chi connectivity index (χ4v) is 2.91. The Kier molecular flexibility index (Phi) is 4.05. The first-order valence-corrected chi connectivity index (χ1v) is 8.05. The van der Waals surface area contributed by atoms with E-state index in [9.17, 15) is 4.79 Å². The number of hydrogen-bond donors (Lipinski definition) is 1. The van der Waals surface area contributed by atoms with E-state index in [2.05, 4.69) is 63.7 Å². The molecule has 4 heteroatoms. The number of halogens is 1. The summed E-state index contributed by atoms with van der Waals surface area (Å²) in [4.78, 5) is 19.6. The molecule has 0 bridgehead atoms. The van der Waals surface area contributed by atoms with E-state index in [1.165, 1.54) is 5.39 Å². The molecule has 1 N–H and O–H groups in total. The first kappa shape index (κ1) is 14.3. The summed E-state index contributed by atoms with van der Waals surface area (Å²) >= 11 is 2.07. The van der Waals surface area contributed by atoms with Gasteiger partial charge in [0.2, 0.25) is 0 Å². The number of aromatic amines is 1. The maximum atomic E-state index is 12.1. The molecule has 0 atom stereocenters. The molecule has 0 amide bonds. The fourth-order valence-electron chi connectivity index (χ4n) is 2.38. The third kappa shape index (κ3) is 2.85. The van der Waals surface area contributed by atoms with Crippen LogP contribution in [0.5, 0.6) is 0 Å². The number of H-pyrrole nitrogens is 1. The van der Waals surface area contributed by atoms with Crippen LogP contribution in [0.15, 0.2) is 47.3 Å². The predicted octanol–water partition coefficient (Wildman–Crippen LogP) is 4.15. The number of hydrogen-bond acceptors (Lipinski definition) is 2. The summed E-state index contributed by atoms with van der Waals surface area (Å²) in [5, 5.41) is 2.33. The minimum atomic E-state index is -0.0581. The van der Waals surface area contributed by atoms with Gasteiger partial charge in [-0.25, -0.2) is 4.98 Å². The summed E-state index contributed by atoms with van der Waals surface area (Å²) < 4.78 is 0.694. The molecular formula is C17H15IN2O. The summed E-state index contributed by atoms with van der Waals surface area (Å²) in [5.41, 5.74) is 1.77. The Hall–Kier alpha value is -1.69. The van der Waals surface area contributed by atoms with Crippen molar-refractivity contribution in [3.05, 3.63) is 62.1 Å². The molecule has 3 aromatic rings. The van der Waals surface area contributed by atoms with Gasteiger partial charge in [0.05, 0.1) is 9.26 Å². The van der Waals surface area contributed by atoms with E-state index in [-0.39, 0.29) is 5.56 Å². The predicted molar refractivity (Wildman–Crippen MR) is 94.5 cm³/mol. The first-order valence-electron chi connectivity index (χ1n) is 6.97. The SMILES string of the molecule is CCCc1nc(-c2ccc3ccccc3c2)[nH]c(=O)c1I. The quantitative estimate of drug-likeness (QED) is 0.684. The van der Waals surface area contributed by atoms with Crippen LogP contribution < -0.4 is 5.56 Å². The normalized spacial score (nSPS) is 11.0. The standard InChI is InChI=1S/C17H15IN2O/c1-2-5-14-15(18)17(21)20-16(19-14)13-9-8-11-6-3-4-7-12(11)10-13/h3-4,6-10H,2,5H2,1H3,(H,19,20,21). The largest absolute Gasteiger partial charge is 0.306 e. The van der Waals surface area contributed by atoms with Gasteiger partial charge >= 0.3 is 0 Å². The van der Waals surface area contributed by atoms with Crippen LogP contribution in [0.1, 0.15) is 19.0 Å². The Morgan fingerprint density at radius 3 is 2.67 bits per heavy atom. The molecule has 0 aliphatic rings. The van der Waals surface area contributed by atoms with Gasteiger partial charge < -0.3 is 4.98 Å². The molecule has 21 heavy (non-hydrogen) atoms. The topological polar surface area (TPSA) is 45.8 Å². The zero-order chi connectivity index (χ0) is 14.8. The number of aryl methyl sites for hydroxylation is 1. The van der Waals surface area contributed by atoms with Crippen molar-refractivity contribution in [2.75, 3.05) is 0 Å². The van der Waals surface area contributed by atoms with Crippen LogP contribution in [0.4, 0.5) is 0 Å². The average Bonchev–Trinajstić information content (AvgIpc) is 2.51. The van der Waals surface area contributed by atoms with Crippen molar-refractivity contribution in [3.8, 4) is 11.4 Å². The van der Waals surface area contributed by atoms with Crippen LogP contribution in [0.25, 0.3) is 22.2 Å². The molecule has 0 aliphatic carbocycles. The highest BCUT2D eigenvalue weighted by Crippen LogP contribution is 2.22. The molecule has 0 unspecified atom stereocenters. The van der Waals surface area contributed by atoms with Crippen molar-refractivity contribution >= 4 is 33.4 Å². The number of fused-ring (bicyclic) bond motifs is 1. The van der Waals surface area contributed by atoms with Gasteiger partial charge in [0.25, 0.3) is 5.56 Å². The molecule has 0 radical (unpaired) electrons. The summed E-state index contributed by atoms with van der Waals surface area (Å²) in [6, 6.07) is 14.3. The van der Waals surface area contributed by atoms with Crippen LogP contribution in [0.2, 0.25) is 0 Å². The van der Waals surface area contributed by atoms with Gasteiger partial charge in [0.1, 0.15) is 5.82 Å². The second kappa shape index (κ2) is 5.97. The second-order valence-electron chi connectivity index (χ2n) is 4.99. The minimum Gasteiger partial charge on any atom is -0.306 e. The number of benzene rings is 2. The lowest BCUT2D eigenvalue weighted by molar-refractivity contribution is 0.860. The molecular weight excluding hydrogens is 375 g/mol. The van der Waals surface area contributed by atoms with Crippen molar-refractivity contribution in [3.63, 3.8) is 0 Å². The van der Waals surface area contributed by atoms with Crippen molar-refractivity contribution in [2.45, 2.75) is 19.8 Å². The van der Waals surface area contributed by atoms with Crippen molar-refractivity contribution in [1.29, 1.82) is 0 Å². The van der Waals surface area contributed by atoms with Gasteiger partial charge in [-0.2, -0.15) is 0 Å². The minimum absolute atomic E-state index is 0.0581. The van der Waals surface area contributed by atoms with Gasteiger partial charge in [-0.1, -0.05) is 49.7 Å². The van der Waals surface area contributed by atoms with Gasteiger partial charge in [-0.3, -0.25) is 4.79 Å². The third-order valence-electron chi connectivity index (χ3n) is 3.44. The second-order valence-corrected chi connectivity index (χ2v) is 6.07. The fraction of sp³-hybridized carbons (Fsp3) is 0.176. The highest BCUT2D eigenvalue weighted by atomic mass is 127. The molecule has 0 aliphatic heterocycles.